The number of amides is 1. The molecular formula is C28H33N3O3. The second-order valence-corrected chi connectivity index (χ2v) is 8.81. The quantitative estimate of drug-likeness (QED) is 0.518. The molecule has 6 nitrogen and oxygen atoms in total. The number of hydrogen-bond donors (Lipinski definition) is 1. The second kappa shape index (κ2) is 11.7. The lowest BCUT2D eigenvalue weighted by Crippen LogP contribution is -2.48. The van der Waals surface area contributed by atoms with Crippen molar-refractivity contribution in [2.75, 3.05) is 46.4 Å². The molecule has 178 valence electrons. The fraction of sp³-hybridized carbons (Fsp3) is 0.321. The number of aryl methyl sites for hydroxylation is 1. The van der Waals surface area contributed by atoms with E-state index in [4.69, 9.17) is 9.47 Å². The summed E-state index contributed by atoms with van der Waals surface area (Å²) in [5.41, 5.74) is 2.29. The van der Waals surface area contributed by atoms with E-state index in [9.17, 15) is 4.79 Å². The average Bonchev–Trinajstić information content (AvgIpc) is 2.86. The van der Waals surface area contributed by atoms with Gasteiger partial charge in [0.1, 0.15) is 17.2 Å². The average molecular weight is 460 g/mol. The number of benzene rings is 3. The van der Waals surface area contributed by atoms with Gasteiger partial charge in [-0.05, 0) is 55.9 Å². The van der Waals surface area contributed by atoms with Crippen molar-refractivity contribution in [2.24, 2.45) is 0 Å². The highest BCUT2D eigenvalue weighted by Crippen LogP contribution is 2.24. The minimum absolute atomic E-state index is 0.0375. The van der Waals surface area contributed by atoms with Gasteiger partial charge in [0, 0.05) is 32.7 Å². The molecule has 0 aliphatic carbocycles. The van der Waals surface area contributed by atoms with Crippen molar-refractivity contribution < 1.29 is 14.3 Å². The Morgan fingerprint density at radius 1 is 0.853 bits per heavy atom. The summed E-state index contributed by atoms with van der Waals surface area (Å²) >= 11 is 0. The van der Waals surface area contributed by atoms with Crippen molar-refractivity contribution in [3.05, 3.63) is 90.0 Å². The van der Waals surface area contributed by atoms with Crippen LogP contribution in [0, 0.1) is 6.92 Å². The lowest BCUT2D eigenvalue weighted by molar-refractivity contribution is -0.124. The Kier molecular flexibility index (Phi) is 8.17. The summed E-state index contributed by atoms with van der Waals surface area (Å²) < 4.78 is 11.6. The lowest BCUT2D eigenvalue weighted by atomic mass is 10.1. The van der Waals surface area contributed by atoms with E-state index in [0.717, 1.165) is 49.8 Å². The molecule has 1 saturated heterocycles. The van der Waals surface area contributed by atoms with Crippen LogP contribution in [0.25, 0.3) is 0 Å². The minimum atomic E-state index is -0.136. The summed E-state index contributed by atoms with van der Waals surface area (Å²) in [4.78, 5) is 17.5. The van der Waals surface area contributed by atoms with E-state index < -0.39 is 0 Å². The first kappa shape index (κ1) is 23.8. The Labute approximate surface area is 202 Å². The smallest absolute Gasteiger partial charge is 0.258 e. The third-order valence-electron chi connectivity index (χ3n) is 6.02. The first-order valence-corrected chi connectivity index (χ1v) is 11.8. The predicted molar refractivity (Wildman–Crippen MR) is 134 cm³/mol. The molecule has 0 radical (unpaired) electrons. The molecule has 0 bridgehead atoms. The number of likely N-dealkylation sites (N-methyl/N-ethyl adjacent to an activating group) is 1. The topological polar surface area (TPSA) is 54.0 Å². The van der Waals surface area contributed by atoms with Gasteiger partial charge in [0.25, 0.3) is 5.91 Å². The fourth-order valence-electron chi connectivity index (χ4n) is 3.94. The molecule has 3 aromatic rings. The second-order valence-electron chi connectivity index (χ2n) is 8.81. The zero-order valence-electron chi connectivity index (χ0n) is 19.9. The normalized spacial score (nSPS) is 15.5. The number of hydrogen-bond acceptors (Lipinski definition) is 5. The highest BCUT2D eigenvalue weighted by Gasteiger charge is 2.21. The maximum atomic E-state index is 12.7. The number of ether oxygens (including phenoxy) is 2. The largest absolute Gasteiger partial charge is 0.484 e. The number of carbonyl (C=O) groups excluding carboxylic acids is 1. The van der Waals surface area contributed by atoms with Gasteiger partial charge in [-0.15, -0.1) is 0 Å². The first-order valence-electron chi connectivity index (χ1n) is 11.8. The van der Waals surface area contributed by atoms with Crippen LogP contribution in [0.4, 0.5) is 0 Å². The SMILES string of the molecule is Cc1ccc(Oc2ccc(OCC(=O)NC(CN3CCN(C)CC3)c3ccccc3)cc2)cc1. The van der Waals surface area contributed by atoms with Gasteiger partial charge in [-0.1, -0.05) is 48.0 Å². The van der Waals surface area contributed by atoms with Crippen LogP contribution in [0.2, 0.25) is 0 Å². The Morgan fingerprint density at radius 3 is 2.09 bits per heavy atom. The number of nitrogens with one attached hydrogen (secondary N) is 1. The van der Waals surface area contributed by atoms with Crippen molar-refractivity contribution in [1.82, 2.24) is 15.1 Å². The Bertz CT molecular complexity index is 1030. The molecule has 1 atom stereocenters. The third-order valence-corrected chi connectivity index (χ3v) is 6.02. The molecule has 1 amide bonds. The summed E-state index contributed by atoms with van der Waals surface area (Å²) in [6.45, 7) is 6.89. The van der Waals surface area contributed by atoms with Crippen LogP contribution in [0.5, 0.6) is 17.2 Å². The maximum absolute atomic E-state index is 12.7. The van der Waals surface area contributed by atoms with Gasteiger partial charge in [-0.3, -0.25) is 9.69 Å². The summed E-state index contributed by atoms with van der Waals surface area (Å²) in [6.07, 6.45) is 0. The third kappa shape index (κ3) is 7.07. The summed E-state index contributed by atoms with van der Waals surface area (Å²) in [6, 6.07) is 25.3. The zero-order valence-corrected chi connectivity index (χ0v) is 19.9. The van der Waals surface area contributed by atoms with Gasteiger partial charge >= 0.3 is 0 Å². The molecule has 4 rings (SSSR count). The van der Waals surface area contributed by atoms with Crippen molar-refractivity contribution in [2.45, 2.75) is 13.0 Å². The molecule has 1 N–H and O–H groups in total. The van der Waals surface area contributed by atoms with Gasteiger partial charge in [0.2, 0.25) is 0 Å². The molecular weight excluding hydrogens is 426 g/mol. The maximum Gasteiger partial charge on any atom is 0.258 e. The molecule has 0 spiro atoms. The van der Waals surface area contributed by atoms with E-state index >= 15 is 0 Å². The number of carbonyl (C=O) groups is 1. The van der Waals surface area contributed by atoms with Gasteiger partial charge in [-0.25, -0.2) is 0 Å². The molecule has 0 saturated carbocycles. The van der Waals surface area contributed by atoms with Crippen molar-refractivity contribution >= 4 is 5.91 Å². The molecule has 1 heterocycles. The van der Waals surface area contributed by atoms with Crippen LogP contribution in [0.1, 0.15) is 17.2 Å². The van der Waals surface area contributed by atoms with Crippen molar-refractivity contribution in [3.63, 3.8) is 0 Å². The molecule has 1 fully saturated rings. The van der Waals surface area contributed by atoms with Crippen LogP contribution in [-0.4, -0.2) is 62.1 Å². The Hall–Kier alpha value is -3.35. The van der Waals surface area contributed by atoms with E-state index in [-0.39, 0.29) is 18.6 Å². The van der Waals surface area contributed by atoms with Crippen LogP contribution in [0.15, 0.2) is 78.9 Å². The molecule has 1 aliphatic rings. The standard InChI is InChI=1S/C28H33N3O3/c1-22-8-10-25(11-9-22)34-26-14-12-24(13-15-26)33-21-28(32)29-27(23-6-4-3-5-7-23)20-31-18-16-30(2)17-19-31/h3-15,27H,16-21H2,1-2H3,(H,29,32). The lowest BCUT2D eigenvalue weighted by Gasteiger charge is -2.35. The van der Waals surface area contributed by atoms with Gasteiger partial charge in [-0.2, -0.15) is 0 Å². The number of nitrogens with zero attached hydrogens (tertiary/aromatic N) is 2. The van der Waals surface area contributed by atoms with Gasteiger partial charge < -0.3 is 19.7 Å². The van der Waals surface area contributed by atoms with E-state index in [1.54, 1.807) is 0 Å². The predicted octanol–water partition coefficient (Wildman–Crippen LogP) is 4.27. The molecule has 1 unspecified atom stereocenters. The van der Waals surface area contributed by atoms with Gasteiger partial charge in [0.15, 0.2) is 6.61 Å². The Balaban J connectivity index is 1.30. The van der Waals surface area contributed by atoms with Crippen LogP contribution < -0.4 is 14.8 Å². The monoisotopic (exact) mass is 459 g/mol. The molecule has 34 heavy (non-hydrogen) atoms. The fourth-order valence-corrected chi connectivity index (χ4v) is 3.94. The van der Waals surface area contributed by atoms with Crippen LogP contribution >= 0.6 is 0 Å². The van der Waals surface area contributed by atoms with Gasteiger partial charge in [0.05, 0.1) is 6.04 Å². The van der Waals surface area contributed by atoms with E-state index in [0.29, 0.717) is 5.75 Å². The Morgan fingerprint density at radius 2 is 1.44 bits per heavy atom. The number of piperazine rings is 1. The molecule has 3 aromatic carbocycles. The van der Waals surface area contributed by atoms with E-state index in [1.807, 2.05) is 73.7 Å². The molecule has 1 aliphatic heterocycles. The number of rotatable bonds is 9. The van der Waals surface area contributed by atoms with E-state index in [2.05, 4.69) is 34.3 Å². The van der Waals surface area contributed by atoms with Crippen molar-refractivity contribution in [3.8, 4) is 17.2 Å². The van der Waals surface area contributed by atoms with Crippen LogP contribution in [0.3, 0.4) is 0 Å². The highest BCUT2D eigenvalue weighted by molar-refractivity contribution is 5.78. The van der Waals surface area contributed by atoms with Crippen LogP contribution in [-0.2, 0) is 4.79 Å². The molecule has 6 heteroatoms. The zero-order chi connectivity index (χ0) is 23.8. The minimum Gasteiger partial charge on any atom is -0.484 e. The van der Waals surface area contributed by atoms with Crippen molar-refractivity contribution in [1.29, 1.82) is 0 Å². The summed E-state index contributed by atoms with van der Waals surface area (Å²) in [5, 5.41) is 3.17. The first-order chi connectivity index (χ1) is 16.5. The molecule has 0 aromatic heterocycles. The van der Waals surface area contributed by atoms with E-state index in [1.165, 1.54) is 5.56 Å². The summed E-state index contributed by atoms with van der Waals surface area (Å²) in [5.74, 6) is 1.99. The highest BCUT2D eigenvalue weighted by atomic mass is 16.5. The summed E-state index contributed by atoms with van der Waals surface area (Å²) in [7, 11) is 2.15.